The van der Waals surface area contributed by atoms with Gasteiger partial charge in [-0.2, -0.15) is 0 Å². The van der Waals surface area contributed by atoms with Gasteiger partial charge in [-0.25, -0.2) is 15.0 Å². The van der Waals surface area contributed by atoms with Crippen molar-refractivity contribution in [2.75, 3.05) is 0 Å². The van der Waals surface area contributed by atoms with Crippen molar-refractivity contribution < 1.29 is 0 Å². The Morgan fingerprint density at radius 1 is 0.516 bits per heavy atom. The molecule has 0 spiro atoms. The minimum atomic E-state index is -0.758. The Labute approximate surface area is 363 Å². The van der Waals surface area contributed by atoms with E-state index in [4.69, 9.17) is 15.0 Å². The minimum absolute atomic E-state index is 0.253. The van der Waals surface area contributed by atoms with E-state index in [2.05, 4.69) is 226 Å². The molecule has 6 heteroatoms. The van der Waals surface area contributed by atoms with Crippen molar-refractivity contribution in [3.63, 3.8) is 0 Å². The monoisotopic (exact) mass is 806 g/mol. The zero-order valence-electron chi connectivity index (χ0n) is 36.4. The summed E-state index contributed by atoms with van der Waals surface area (Å²) in [6.45, 7) is 16.6. The summed E-state index contributed by atoms with van der Waals surface area (Å²) in [5.41, 5.74) is 10.6. The van der Waals surface area contributed by atoms with Crippen molar-refractivity contribution in [2.24, 2.45) is 0 Å². The number of fused-ring (bicyclic) bond motifs is 3. The lowest BCUT2D eigenvalue weighted by molar-refractivity contribution is 0.284. The number of hydrogen-bond acceptors (Lipinski definition) is 3. The van der Waals surface area contributed by atoms with Gasteiger partial charge in [0.05, 0.1) is 27.7 Å². The van der Waals surface area contributed by atoms with Crippen LogP contribution in [0.3, 0.4) is 0 Å². The summed E-state index contributed by atoms with van der Waals surface area (Å²) < 4.78 is 7.03. The summed E-state index contributed by atoms with van der Waals surface area (Å²) in [4.78, 5) is 16.4. The van der Waals surface area contributed by atoms with Gasteiger partial charge in [0.1, 0.15) is 17.3 Å². The Bertz CT molecular complexity index is 3320. The van der Waals surface area contributed by atoms with Gasteiger partial charge in [-0.15, -0.1) is 0 Å². The van der Waals surface area contributed by atoms with E-state index in [1.54, 1.807) is 0 Å². The molecule has 4 aromatic heterocycles. The number of nitrogens with zero attached hydrogens (tertiary/aromatic N) is 6. The average Bonchev–Trinajstić information content (AvgIpc) is 4.10. The second kappa shape index (κ2) is 13.5. The van der Waals surface area contributed by atoms with Crippen LogP contribution in [0.5, 0.6) is 0 Å². The number of rotatable bonds is 8. The Hall–Kier alpha value is -7.05. The minimum Gasteiger partial charge on any atom is -0.303 e. The van der Waals surface area contributed by atoms with Gasteiger partial charge in [-0.1, -0.05) is 149 Å². The van der Waals surface area contributed by atoms with Gasteiger partial charge in [0.25, 0.3) is 0 Å². The number of imidazole rings is 3. The summed E-state index contributed by atoms with van der Waals surface area (Å²) in [5, 5.41) is 3.58. The largest absolute Gasteiger partial charge is 0.303 e. The van der Waals surface area contributed by atoms with Gasteiger partial charge < -0.3 is 9.13 Å². The lowest BCUT2D eigenvalue weighted by atomic mass is 9.58. The summed E-state index contributed by atoms with van der Waals surface area (Å²) in [6, 6.07) is 54.6. The molecule has 0 amide bonds. The molecule has 1 unspecified atom stereocenters. The average molecular weight is 807 g/mol. The topological polar surface area (TPSA) is 52.9 Å². The van der Waals surface area contributed by atoms with Gasteiger partial charge in [-0.3, -0.25) is 4.40 Å². The standard InChI is InChI=1S/C56H50N6/c1-37-28-31-45-47-46(37)43-30-29-40(55(6,38-20-12-8-13-21-38)51-57-32-34-60(51)41-24-16-10-17-25-41)36-44(43)50-59-48(49(62(47)50)54(4,5)53(45,2)3)56(7,39-22-14-9-15-23-39)52-58-33-35-61(52)42-26-18-11-19-27-42/h8-36H,1-7H3/t55?,56-/m0/s1. The molecule has 304 valence electrons. The fourth-order valence-electron chi connectivity index (χ4n) is 10.7. The van der Waals surface area contributed by atoms with Gasteiger partial charge >= 0.3 is 0 Å². The molecule has 10 aromatic rings. The predicted molar refractivity (Wildman–Crippen MR) is 252 cm³/mol. The first-order chi connectivity index (χ1) is 30.0. The molecule has 0 aliphatic carbocycles. The molecule has 0 fully saturated rings. The van der Waals surface area contributed by atoms with Crippen LogP contribution in [0.25, 0.3) is 38.7 Å². The first-order valence-electron chi connectivity index (χ1n) is 21.7. The Morgan fingerprint density at radius 2 is 1.03 bits per heavy atom. The highest BCUT2D eigenvalue weighted by Gasteiger charge is 2.52. The molecule has 2 atom stereocenters. The lowest BCUT2D eigenvalue weighted by Gasteiger charge is -2.47. The fourth-order valence-corrected chi connectivity index (χ4v) is 10.7. The second-order valence-electron chi connectivity index (χ2n) is 18.5. The molecular weight excluding hydrogens is 757 g/mol. The van der Waals surface area contributed by atoms with E-state index < -0.39 is 10.8 Å². The van der Waals surface area contributed by atoms with E-state index in [1.807, 2.05) is 12.4 Å². The van der Waals surface area contributed by atoms with E-state index in [9.17, 15) is 0 Å². The van der Waals surface area contributed by atoms with Crippen LogP contribution in [0.1, 0.15) is 92.4 Å². The van der Waals surface area contributed by atoms with Crippen molar-refractivity contribution in [3.05, 3.63) is 227 Å². The van der Waals surface area contributed by atoms with Crippen molar-refractivity contribution >= 4 is 27.3 Å². The van der Waals surface area contributed by atoms with Crippen LogP contribution >= 0.6 is 0 Å². The number of para-hydroxylation sites is 2. The molecule has 1 aliphatic rings. The summed E-state index contributed by atoms with van der Waals surface area (Å²) in [6.07, 6.45) is 8.02. The molecule has 0 saturated heterocycles. The zero-order chi connectivity index (χ0) is 42.6. The van der Waals surface area contributed by atoms with Crippen LogP contribution in [0.4, 0.5) is 0 Å². The number of aromatic nitrogens is 6. The molecule has 62 heavy (non-hydrogen) atoms. The molecule has 0 N–H and O–H groups in total. The second-order valence-corrected chi connectivity index (χ2v) is 18.5. The SMILES string of the molecule is Cc1ccc2c3c1c1ccc(C(C)(c4ccccc4)c4nccn4-c4ccccc4)cc1c1nc([C@](C)(c4ccccc4)c4nccn4-c4ccccc4)c(n13)C(C)(C)C2(C)C. The van der Waals surface area contributed by atoms with Crippen LogP contribution < -0.4 is 0 Å². The predicted octanol–water partition coefficient (Wildman–Crippen LogP) is 12.6. The van der Waals surface area contributed by atoms with Crippen LogP contribution in [0.2, 0.25) is 0 Å². The summed E-state index contributed by atoms with van der Waals surface area (Å²) in [5.74, 6) is 1.87. The van der Waals surface area contributed by atoms with E-state index in [1.165, 1.54) is 33.1 Å². The molecule has 6 aromatic carbocycles. The fraction of sp³-hybridized carbons (Fsp3) is 0.196. The third kappa shape index (κ3) is 5.07. The first kappa shape index (κ1) is 37.9. The van der Waals surface area contributed by atoms with E-state index in [-0.39, 0.29) is 10.8 Å². The lowest BCUT2D eigenvalue weighted by Crippen LogP contribution is -2.46. The molecule has 1 aliphatic heterocycles. The molecule has 6 nitrogen and oxygen atoms in total. The first-order valence-corrected chi connectivity index (χ1v) is 21.7. The van der Waals surface area contributed by atoms with E-state index >= 15 is 0 Å². The van der Waals surface area contributed by atoms with Crippen LogP contribution in [-0.4, -0.2) is 28.5 Å². The highest BCUT2D eigenvalue weighted by molar-refractivity contribution is 6.15. The number of pyridine rings is 1. The summed E-state index contributed by atoms with van der Waals surface area (Å²) >= 11 is 0. The van der Waals surface area contributed by atoms with Gasteiger partial charge in [-0.05, 0) is 84.3 Å². The van der Waals surface area contributed by atoms with Crippen LogP contribution in [-0.2, 0) is 21.7 Å². The molecular formula is C56H50N6. The highest BCUT2D eigenvalue weighted by Crippen LogP contribution is 2.56. The van der Waals surface area contributed by atoms with Crippen molar-refractivity contribution in [2.45, 2.75) is 70.1 Å². The quantitative estimate of drug-likeness (QED) is 0.144. The molecule has 11 rings (SSSR count). The van der Waals surface area contributed by atoms with Gasteiger partial charge in [0, 0.05) is 57.8 Å². The summed E-state index contributed by atoms with van der Waals surface area (Å²) in [7, 11) is 0. The van der Waals surface area contributed by atoms with Crippen molar-refractivity contribution in [1.82, 2.24) is 28.5 Å². The van der Waals surface area contributed by atoms with Crippen molar-refractivity contribution in [1.29, 1.82) is 0 Å². The third-order valence-corrected chi connectivity index (χ3v) is 14.8. The zero-order valence-corrected chi connectivity index (χ0v) is 36.4. The maximum absolute atomic E-state index is 6.04. The molecule has 0 saturated carbocycles. The Morgan fingerprint density at radius 3 is 1.60 bits per heavy atom. The van der Waals surface area contributed by atoms with Gasteiger partial charge in [0.2, 0.25) is 0 Å². The Kier molecular flexibility index (Phi) is 8.24. The smallest absolute Gasteiger partial charge is 0.145 e. The Balaban J connectivity index is 1.29. The molecule has 0 bridgehead atoms. The maximum Gasteiger partial charge on any atom is 0.145 e. The van der Waals surface area contributed by atoms with E-state index in [0.29, 0.717) is 0 Å². The van der Waals surface area contributed by atoms with Crippen molar-refractivity contribution in [3.8, 4) is 11.4 Å². The number of aryl methyl sites for hydroxylation is 1. The normalized spacial score (nSPS) is 16.2. The van der Waals surface area contributed by atoms with Crippen LogP contribution in [0, 0.1) is 6.92 Å². The third-order valence-electron chi connectivity index (χ3n) is 14.8. The number of hydrogen-bond donors (Lipinski definition) is 0. The van der Waals surface area contributed by atoms with Crippen LogP contribution in [0.15, 0.2) is 176 Å². The van der Waals surface area contributed by atoms with Gasteiger partial charge in [0.15, 0.2) is 0 Å². The van der Waals surface area contributed by atoms with E-state index in [0.717, 1.165) is 56.4 Å². The molecule has 5 heterocycles. The molecule has 0 radical (unpaired) electrons. The maximum atomic E-state index is 6.04. The number of benzene rings is 6. The highest BCUT2D eigenvalue weighted by atomic mass is 15.1.